The van der Waals surface area contributed by atoms with E-state index in [0.717, 1.165) is 12.8 Å². The molecule has 1 N–H and O–H groups in total. The summed E-state index contributed by atoms with van der Waals surface area (Å²) < 4.78 is 26.1. The van der Waals surface area contributed by atoms with E-state index in [2.05, 4.69) is 0 Å². The molecule has 1 aromatic carbocycles. The van der Waals surface area contributed by atoms with Crippen molar-refractivity contribution >= 4 is 39.0 Å². The minimum atomic E-state index is -3.74. The number of carbonyl (C=O) groups excluding carboxylic acids is 1. The van der Waals surface area contributed by atoms with Gasteiger partial charge in [0.2, 0.25) is 10.0 Å². The van der Waals surface area contributed by atoms with Gasteiger partial charge in [-0.05, 0) is 31.9 Å². The van der Waals surface area contributed by atoms with E-state index in [0.29, 0.717) is 13.1 Å². The Morgan fingerprint density at radius 3 is 2.43 bits per heavy atom. The van der Waals surface area contributed by atoms with Crippen molar-refractivity contribution in [3.63, 3.8) is 0 Å². The van der Waals surface area contributed by atoms with Crippen molar-refractivity contribution < 1.29 is 18.3 Å². The van der Waals surface area contributed by atoms with Crippen LogP contribution in [0.1, 0.15) is 30.1 Å². The van der Waals surface area contributed by atoms with Gasteiger partial charge in [0.15, 0.2) is 5.78 Å². The number of hydrogen-bond acceptors (Lipinski definition) is 4. The quantitative estimate of drug-likeness (QED) is 0.846. The van der Waals surface area contributed by atoms with Crippen molar-refractivity contribution in [1.82, 2.24) is 4.31 Å². The van der Waals surface area contributed by atoms with Crippen LogP contribution in [-0.4, -0.2) is 42.0 Å². The summed E-state index contributed by atoms with van der Waals surface area (Å²) in [4.78, 5) is 12.4. The molecule has 116 valence electrons. The highest BCUT2D eigenvalue weighted by molar-refractivity contribution is 7.90. The summed E-state index contributed by atoms with van der Waals surface area (Å²) in [6, 6.07) is 2.51. The van der Waals surface area contributed by atoms with Gasteiger partial charge in [0.25, 0.3) is 0 Å². The number of sulfonamides is 1. The smallest absolute Gasteiger partial charge is 0.224 e. The molecule has 0 saturated carbocycles. The Hall–Kier alpha value is -0.820. The molecule has 1 heterocycles. The molecule has 0 spiro atoms. The molecule has 2 rings (SSSR count). The number of benzene rings is 1. The molecule has 1 aliphatic heterocycles. The van der Waals surface area contributed by atoms with E-state index in [-0.39, 0.29) is 15.6 Å². The Bertz CT molecular complexity index is 669. The van der Waals surface area contributed by atoms with Crippen LogP contribution in [0.25, 0.3) is 0 Å². The number of hydrogen-bond donors (Lipinski definition) is 1. The van der Waals surface area contributed by atoms with Crippen molar-refractivity contribution in [2.24, 2.45) is 0 Å². The number of carbonyl (C=O) groups is 1. The third-order valence-electron chi connectivity index (χ3n) is 3.53. The molecule has 1 aliphatic rings. The summed E-state index contributed by atoms with van der Waals surface area (Å²) in [5, 5.41) is 8.63. The molecule has 1 saturated heterocycles. The molecule has 5 nitrogen and oxygen atoms in total. The van der Waals surface area contributed by atoms with Gasteiger partial charge < -0.3 is 5.11 Å². The molecule has 21 heavy (non-hydrogen) atoms. The van der Waals surface area contributed by atoms with Crippen LogP contribution < -0.4 is 0 Å². The summed E-state index contributed by atoms with van der Waals surface area (Å²) in [5.41, 5.74) is -0.178. The van der Waals surface area contributed by atoms with E-state index >= 15 is 0 Å². The lowest BCUT2D eigenvalue weighted by Crippen LogP contribution is -2.39. The zero-order valence-electron chi connectivity index (χ0n) is 11.3. The van der Waals surface area contributed by atoms with Gasteiger partial charge in [-0.3, -0.25) is 4.79 Å². The molecule has 0 radical (unpaired) electrons. The highest BCUT2D eigenvalue weighted by atomic mass is 35.5. The van der Waals surface area contributed by atoms with Gasteiger partial charge in [-0.2, -0.15) is 0 Å². The number of rotatable bonds is 4. The lowest BCUT2D eigenvalue weighted by atomic mass is 10.1. The Morgan fingerprint density at radius 1 is 1.29 bits per heavy atom. The summed E-state index contributed by atoms with van der Waals surface area (Å²) in [7, 11) is -3.74. The Balaban J connectivity index is 2.36. The fourth-order valence-electron chi connectivity index (χ4n) is 2.27. The fraction of sp³-hybridized carbons (Fsp3) is 0.462. The lowest BCUT2D eigenvalue weighted by Gasteiger charge is -2.20. The molecule has 0 bridgehead atoms. The first kappa shape index (κ1) is 16.5. The van der Waals surface area contributed by atoms with E-state index in [1.54, 1.807) is 0 Å². The number of nitrogens with zero attached hydrogens (tertiary/aromatic N) is 1. The third kappa shape index (κ3) is 3.18. The number of phenols is 1. The summed E-state index contributed by atoms with van der Waals surface area (Å²) >= 11 is 11.6. The average molecular weight is 352 g/mol. The van der Waals surface area contributed by atoms with Crippen LogP contribution in [0, 0.1) is 0 Å². The van der Waals surface area contributed by atoms with Crippen molar-refractivity contribution in [3.8, 4) is 5.75 Å². The summed E-state index contributed by atoms with van der Waals surface area (Å²) in [5.74, 6) is -1.17. The monoisotopic (exact) mass is 351 g/mol. The van der Waals surface area contributed by atoms with Crippen LogP contribution in [-0.2, 0) is 10.0 Å². The second-order valence-electron chi connectivity index (χ2n) is 4.94. The number of phenolic OH excluding ortho intramolecular Hbond substituents is 1. The van der Waals surface area contributed by atoms with Gasteiger partial charge in [-0.25, -0.2) is 12.7 Å². The molecule has 1 unspecified atom stereocenters. The molecule has 1 aromatic rings. The zero-order valence-corrected chi connectivity index (χ0v) is 13.7. The average Bonchev–Trinajstić information content (AvgIpc) is 2.95. The van der Waals surface area contributed by atoms with Crippen LogP contribution in [0.5, 0.6) is 5.75 Å². The van der Waals surface area contributed by atoms with Gasteiger partial charge in [0.05, 0.1) is 10.6 Å². The molecular formula is C13H15Cl2NO4S. The standard InChI is InChI=1S/C13H15Cl2NO4S/c1-8(21(19,20)16-4-2-3-5-16)12(17)10-6-9(14)7-11(15)13(10)18/h6-8,18H,2-5H2,1H3. The molecular weight excluding hydrogens is 337 g/mol. The van der Waals surface area contributed by atoms with Crippen LogP contribution in [0.4, 0.5) is 0 Å². The normalized spacial score (nSPS) is 17.9. The van der Waals surface area contributed by atoms with E-state index in [9.17, 15) is 18.3 Å². The lowest BCUT2D eigenvalue weighted by molar-refractivity contribution is 0.0987. The predicted octanol–water partition coefficient (Wildman–Crippen LogP) is 2.70. The Kier molecular flexibility index (Phi) is 4.82. The van der Waals surface area contributed by atoms with E-state index in [1.807, 2.05) is 0 Å². The minimum Gasteiger partial charge on any atom is -0.506 e. The number of halogens is 2. The maximum Gasteiger partial charge on any atom is 0.224 e. The topological polar surface area (TPSA) is 74.7 Å². The molecule has 0 amide bonds. The van der Waals surface area contributed by atoms with E-state index in [1.165, 1.54) is 23.4 Å². The minimum absolute atomic E-state index is 0.0865. The summed E-state index contributed by atoms with van der Waals surface area (Å²) in [6.07, 6.45) is 1.57. The Morgan fingerprint density at radius 2 is 1.86 bits per heavy atom. The zero-order chi connectivity index (χ0) is 15.8. The maximum atomic E-state index is 12.4. The highest BCUT2D eigenvalue weighted by Gasteiger charge is 2.36. The molecule has 0 aliphatic carbocycles. The van der Waals surface area contributed by atoms with E-state index in [4.69, 9.17) is 23.2 Å². The molecule has 8 heteroatoms. The molecule has 1 atom stereocenters. The van der Waals surface area contributed by atoms with Crippen molar-refractivity contribution in [1.29, 1.82) is 0 Å². The largest absolute Gasteiger partial charge is 0.506 e. The van der Waals surface area contributed by atoms with Crippen molar-refractivity contribution in [2.75, 3.05) is 13.1 Å². The first-order valence-electron chi connectivity index (χ1n) is 6.46. The SMILES string of the molecule is CC(C(=O)c1cc(Cl)cc(Cl)c1O)S(=O)(=O)N1CCCC1. The third-order valence-corrected chi connectivity index (χ3v) is 6.23. The number of Topliss-reactive ketones (excluding diaryl/α,β-unsaturated/α-hetero) is 1. The van der Waals surface area contributed by atoms with Gasteiger partial charge in [-0.1, -0.05) is 23.2 Å². The molecule has 0 aromatic heterocycles. The van der Waals surface area contributed by atoms with Crippen LogP contribution >= 0.6 is 23.2 Å². The van der Waals surface area contributed by atoms with Gasteiger partial charge in [-0.15, -0.1) is 0 Å². The predicted molar refractivity (Wildman–Crippen MR) is 81.6 cm³/mol. The van der Waals surface area contributed by atoms with Crippen LogP contribution in [0.2, 0.25) is 10.0 Å². The second kappa shape index (κ2) is 6.12. The molecule has 1 fully saturated rings. The highest BCUT2D eigenvalue weighted by Crippen LogP contribution is 2.33. The van der Waals surface area contributed by atoms with Gasteiger partial charge in [0, 0.05) is 18.1 Å². The fourth-order valence-corrected chi connectivity index (χ4v) is 4.38. The number of aromatic hydroxyl groups is 1. The van der Waals surface area contributed by atoms with Gasteiger partial charge >= 0.3 is 0 Å². The summed E-state index contributed by atoms with van der Waals surface area (Å²) in [6.45, 7) is 2.15. The van der Waals surface area contributed by atoms with Crippen molar-refractivity contribution in [2.45, 2.75) is 25.0 Å². The van der Waals surface area contributed by atoms with Crippen LogP contribution in [0.15, 0.2) is 12.1 Å². The first-order valence-corrected chi connectivity index (χ1v) is 8.72. The van der Waals surface area contributed by atoms with Gasteiger partial charge in [0.1, 0.15) is 11.0 Å². The Labute approximate surface area is 133 Å². The number of ketones is 1. The van der Waals surface area contributed by atoms with Crippen molar-refractivity contribution in [3.05, 3.63) is 27.7 Å². The second-order valence-corrected chi connectivity index (χ2v) is 8.04. The van der Waals surface area contributed by atoms with Crippen LogP contribution in [0.3, 0.4) is 0 Å². The first-order chi connectivity index (χ1) is 9.75. The maximum absolute atomic E-state index is 12.4. The van der Waals surface area contributed by atoms with E-state index < -0.39 is 26.8 Å².